The van der Waals surface area contributed by atoms with E-state index in [9.17, 15) is 8.42 Å². The predicted molar refractivity (Wildman–Crippen MR) is 56.6 cm³/mol. The molecule has 82 valence electrons. The molecule has 0 fully saturated rings. The number of hydrogen-bond donors (Lipinski definition) is 2. The molecule has 1 aromatic heterocycles. The lowest BCUT2D eigenvalue weighted by molar-refractivity contribution is 0.579. The molecule has 0 aromatic carbocycles. The molecular formula is C9H13N3O2S. The second kappa shape index (κ2) is 4.96. The zero-order valence-corrected chi connectivity index (χ0v) is 9.26. The fourth-order valence-electron chi connectivity index (χ4n) is 1.09. The van der Waals surface area contributed by atoms with Crippen LogP contribution in [-0.2, 0) is 10.0 Å². The van der Waals surface area contributed by atoms with Crippen LogP contribution in [0.5, 0.6) is 0 Å². The molecule has 0 radical (unpaired) electrons. The van der Waals surface area contributed by atoms with Crippen LogP contribution in [0.4, 0.5) is 0 Å². The summed E-state index contributed by atoms with van der Waals surface area (Å²) in [7, 11) is -3.44. The van der Waals surface area contributed by atoms with E-state index in [1.807, 2.05) is 0 Å². The van der Waals surface area contributed by atoms with Crippen LogP contribution in [0, 0.1) is 19.3 Å². The molecule has 2 N–H and O–H groups in total. The zero-order valence-electron chi connectivity index (χ0n) is 8.45. The fraction of sp³-hybridized carbons (Fsp3) is 0.444. The molecule has 1 rings (SSSR count). The number of hydrogen-bond acceptors (Lipinski definition) is 3. The molecule has 0 aliphatic carbocycles. The lowest BCUT2D eigenvalue weighted by Gasteiger charge is -2.03. The molecule has 0 saturated heterocycles. The summed E-state index contributed by atoms with van der Waals surface area (Å²) in [6.07, 6.45) is 7.54. The van der Waals surface area contributed by atoms with Crippen LogP contribution in [0.25, 0.3) is 0 Å². The highest BCUT2D eigenvalue weighted by Gasteiger charge is 2.17. The lowest BCUT2D eigenvalue weighted by atomic mass is 10.3. The van der Waals surface area contributed by atoms with Gasteiger partial charge in [-0.2, -0.15) is 5.10 Å². The molecule has 0 amide bonds. The Morgan fingerprint density at radius 2 is 2.40 bits per heavy atom. The quantitative estimate of drug-likeness (QED) is 0.565. The first kappa shape index (κ1) is 11.8. The van der Waals surface area contributed by atoms with Gasteiger partial charge in [-0.05, 0) is 13.3 Å². The third-order valence-corrected chi connectivity index (χ3v) is 3.44. The number of H-pyrrole nitrogens is 1. The van der Waals surface area contributed by atoms with Gasteiger partial charge in [0, 0.05) is 13.0 Å². The van der Waals surface area contributed by atoms with Crippen LogP contribution < -0.4 is 4.72 Å². The maximum atomic E-state index is 11.7. The number of terminal acetylenes is 1. The van der Waals surface area contributed by atoms with E-state index in [0.29, 0.717) is 25.1 Å². The molecular weight excluding hydrogens is 214 g/mol. The van der Waals surface area contributed by atoms with Gasteiger partial charge in [-0.3, -0.25) is 5.10 Å². The van der Waals surface area contributed by atoms with Gasteiger partial charge in [0.2, 0.25) is 10.0 Å². The van der Waals surface area contributed by atoms with E-state index in [4.69, 9.17) is 6.42 Å². The van der Waals surface area contributed by atoms with Crippen molar-refractivity contribution in [3.8, 4) is 12.3 Å². The van der Waals surface area contributed by atoms with Crippen molar-refractivity contribution in [3.05, 3.63) is 11.9 Å². The van der Waals surface area contributed by atoms with Gasteiger partial charge < -0.3 is 0 Å². The molecule has 0 aliphatic heterocycles. The SMILES string of the molecule is C#CCCCNS(=O)(=O)c1cn[nH]c1C. The average molecular weight is 227 g/mol. The highest BCUT2D eigenvalue weighted by molar-refractivity contribution is 7.89. The van der Waals surface area contributed by atoms with Gasteiger partial charge in [0.25, 0.3) is 0 Å². The number of nitrogens with zero attached hydrogens (tertiary/aromatic N) is 1. The van der Waals surface area contributed by atoms with Crippen molar-refractivity contribution in [1.82, 2.24) is 14.9 Å². The molecule has 15 heavy (non-hydrogen) atoms. The summed E-state index contributed by atoms with van der Waals surface area (Å²) < 4.78 is 25.8. The fourth-order valence-corrected chi connectivity index (χ4v) is 2.29. The van der Waals surface area contributed by atoms with Crippen LogP contribution in [0.2, 0.25) is 0 Å². The Labute approximate surface area is 89.3 Å². The molecule has 0 atom stereocenters. The van der Waals surface area contributed by atoms with Crippen molar-refractivity contribution in [3.63, 3.8) is 0 Å². The number of aromatic amines is 1. The minimum absolute atomic E-state index is 0.184. The van der Waals surface area contributed by atoms with E-state index in [-0.39, 0.29) is 4.90 Å². The Kier molecular flexibility index (Phi) is 3.88. The Hall–Kier alpha value is -1.32. The van der Waals surface area contributed by atoms with Gasteiger partial charge in [0.15, 0.2) is 0 Å². The number of rotatable bonds is 5. The smallest absolute Gasteiger partial charge is 0.243 e. The van der Waals surface area contributed by atoms with Crippen molar-refractivity contribution >= 4 is 10.0 Å². The Morgan fingerprint density at radius 3 is 2.93 bits per heavy atom. The van der Waals surface area contributed by atoms with Crippen LogP contribution in [-0.4, -0.2) is 25.2 Å². The maximum Gasteiger partial charge on any atom is 0.243 e. The minimum atomic E-state index is -3.44. The van der Waals surface area contributed by atoms with Gasteiger partial charge >= 0.3 is 0 Å². The first-order valence-corrected chi connectivity index (χ1v) is 5.99. The number of unbranched alkanes of at least 4 members (excludes halogenated alkanes) is 1. The van der Waals surface area contributed by atoms with Gasteiger partial charge in [-0.1, -0.05) is 0 Å². The number of aromatic nitrogens is 2. The molecule has 0 saturated carbocycles. The van der Waals surface area contributed by atoms with Crippen molar-refractivity contribution in [2.75, 3.05) is 6.54 Å². The zero-order chi connectivity index (χ0) is 11.3. The summed E-state index contributed by atoms with van der Waals surface area (Å²) in [6, 6.07) is 0. The van der Waals surface area contributed by atoms with Crippen LogP contribution in [0.1, 0.15) is 18.5 Å². The Bertz CT molecular complexity index is 456. The third kappa shape index (κ3) is 3.08. The van der Waals surface area contributed by atoms with Gasteiger partial charge in [-0.25, -0.2) is 13.1 Å². The number of sulfonamides is 1. The average Bonchev–Trinajstić information content (AvgIpc) is 2.60. The molecule has 5 nitrogen and oxygen atoms in total. The summed E-state index contributed by atoms with van der Waals surface area (Å²) in [4.78, 5) is 0.184. The van der Waals surface area contributed by atoms with Gasteiger partial charge in [-0.15, -0.1) is 12.3 Å². The Morgan fingerprint density at radius 1 is 1.67 bits per heavy atom. The van der Waals surface area contributed by atoms with Gasteiger partial charge in [0.05, 0.1) is 11.9 Å². The molecule has 0 bridgehead atoms. The molecule has 0 spiro atoms. The highest BCUT2D eigenvalue weighted by Crippen LogP contribution is 2.10. The van der Waals surface area contributed by atoms with E-state index < -0.39 is 10.0 Å². The monoisotopic (exact) mass is 227 g/mol. The number of aryl methyl sites for hydroxylation is 1. The normalized spacial score (nSPS) is 11.2. The maximum absolute atomic E-state index is 11.7. The molecule has 1 heterocycles. The summed E-state index contributed by atoms with van der Waals surface area (Å²) >= 11 is 0. The third-order valence-electron chi connectivity index (χ3n) is 1.86. The highest BCUT2D eigenvalue weighted by atomic mass is 32.2. The molecule has 1 aromatic rings. The van der Waals surface area contributed by atoms with Crippen LogP contribution in [0.15, 0.2) is 11.1 Å². The summed E-state index contributed by atoms with van der Waals surface area (Å²) in [5, 5.41) is 6.23. The van der Waals surface area contributed by atoms with E-state index in [1.54, 1.807) is 6.92 Å². The van der Waals surface area contributed by atoms with Crippen molar-refractivity contribution in [2.24, 2.45) is 0 Å². The van der Waals surface area contributed by atoms with E-state index in [0.717, 1.165) is 0 Å². The van der Waals surface area contributed by atoms with E-state index >= 15 is 0 Å². The second-order valence-corrected chi connectivity index (χ2v) is 4.80. The van der Waals surface area contributed by atoms with Crippen molar-refractivity contribution < 1.29 is 8.42 Å². The van der Waals surface area contributed by atoms with Crippen molar-refractivity contribution in [1.29, 1.82) is 0 Å². The number of nitrogens with one attached hydrogen (secondary N) is 2. The van der Waals surface area contributed by atoms with Gasteiger partial charge in [0.1, 0.15) is 4.90 Å². The lowest BCUT2D eigenvalue weighted by Crippen LogP contribution is -2.25. The summed E-state index contributed by atoms with van der Waals surface area (Å²) in [5.74, 6) is 2.45. The predicted octanol–water partition coefficient (Wildman–Crippen LogP) is 0.410. The van der Waals surface area contributed by atoms with E-state index in [2.05, 4.69) is 20.8 Å². The minimum Gasteiger partial charge on any atom is -0.281 e. The molecule has 0 unspecified atom stereocenters. The standard InChI is InChI=1S/C9H13N3O2S/c1-3-4-5-6-11-15(13,14)9-7-10-12-8(9)2/h1,7,11H,4-6H2,2H3,(H,10,12). The van der Waals surface area contributed by atoms with Crippen LogP contribution in [0.3, 0.4) is 0 Å². The second-order valence-electron chi connectivity index (χ2n) is 3.06. The van der Waals surface area contributed by atoms with Crippen molar-refractivity contribution in [2.45, 2.75) is 24.7 Å². The topological polar surface area (TPSA) is 74.8 Å². The summed E-state index contributed by atoms with van der Waals surface area (Å²) in [5.41, 5.74) is 0.527. The first-order valence-electron chi connectivity index (χ1n) is 4.51. The first-order chi connectivity index (χ1) is 7.08. The largest absolute Gasteiger partial charge is 0.281 e. The molecule has 6 heteroatoms. The van der Waals surface area contributed by atoms with E-state index in [1.165, 1.54) is 6.20 Å². The summed E-state index contributed by atoms with van der Waals surface area (Å²) in [6.45, 7) is 2.00. The molecule has 0 aliphatic rings. The Balaban J connectivity index is 2.62. The van der Waals surface area contributed by atoms with Crippen LogP contribution >= 0.6 is 0 Å².